The Labute approximate surface area is 200 Å². The van der Waals surface area contributed by atoms with Gasteiger partial charge in [0, 0.05) is 25.8 Å². The summed E-state index contributed by atoms with van der Waals surface area (Å²) >= 11 is 14.0. The summed E-state index contributed by atoms with van der Waals surface area (Å²) < 4.78 is 7.31. The van der Waals surface area contributed by atoms with Crippen LogP contribution in [0.15, 0.2) is 35.3 Å². The van der Waals surface area contributed by atoms with Crippen molar-refractivity contribution in [3.8, 4) is 5.75 Å². The van der Waals surface area contributed by atoms with Gasteiger partial charge >= 0.3 is 5.56 Å². The van der Waals surface area contributed by atoms with E-state index in [0.29, 0.717) is 51.1 Å². The number of aromatic hydroxyl groups is 1. The van der Waals surface area contributed by atoms with E-state index in [0.717, 1.165) is 5.69 Å². The Morgan fingerprint density at radius 3 is 2.68 bits per heavy atom. The molecule has 0 aliphatic carbocycles. The third-order valence-corrected chi connectivity index (χ3v) is 6.40. The second-order valence-corrected chi connectivity index (χ2v) is 8.86. The van der Waals surface area contributed by atoms with Crippen LogP contribution in [0.3, 0.4) is 0 Å². The molecule has 3 aromatic rings. The maximum absolute atomic E-state index is 12.8. The van der Waals surface area contributed by atoms with Gasteiger partial charge in [0.05, 0.1) is 32.5 Å². The molecule has 1 aliphatic rings. The van der Waals surface area contributed by atoms with Crippen LogP contribution in [0.1, 0.15) is 16.1 Å². The van der Waals surface area contributed by atoms with Gasteiger partial charge in [0.25, 0.3) is 5.91 Å². The van der Waals surface area contributed by atoms with Crippen LogP contribution < -0.4 is 15.8 Å². The van der Waals surface area contributed by atoms with Gasteiger partial charge in [-0.05, 0) is 46.4 Å². The number of benzene rings is 1. The van der Waals surface area contributed by atoms with Gasteiger partial charge in [0.2, 0.25) is 5.75 Å². The zero-order valence-electron chi connectivity index (χ0n) is 16.1. The summed E-state index contributed by atoms with van der Waals surface area (Å²) in [6.45, 7) is 2.73. The highest BCUT2D eigenvalue weighted by atomic mass is 127. The van der Waals surface area contributed by atoms with Crippen LogP contribution in [0, 0.1) is 3.57 Å². The smallest absolute Gasteiger partial charge is 0.300 e. The number of amides is 1. The molecule has 1 aliphatic heterocycles. The molecule has 31 heavy (non-hydrogen) atoms. The molecule has 0 saturated carbocycles. The second kappa shape index (κ2) is 9.19. The largest absolute Gasteiger partial charge is 0.501 e. The lowest BCUT2D eigenvalue weighted by Crippen LogP contribution is -2.36. The Hall–Kier alpha value is -2.08. The molecule has 0 atom stereocenters. The predicted molar refractivity (Wildman–Crippen MR) is 127 cm³/mol. The fourth-order valence-electron chi connectivity index (χ4n) is 3.24. The van der Waals surface area contributed by atoms with Gasteiger partial charge in [-0.15, -0.1) is 0 Å². The number of fused-ring (bicyclic) bond motifs is 1. The SMILES string of the molecule is O=C(NCc1ccc(Cl)c(Cl)c1)c1nc2c(I)cc(N3CCOCC3)cn2c(=O)c1O. The Balaban J connectivity index is 1.64. The summed E-state index contributed by atoms with van der Waals surface area (Å²) in [5, 5.41) is 13.8. The summed E-state index contributed by atoms with van der Waals surface area (Å²) in [6.07, 6.45) is 1.62. The number of hydrogen-bond acceptors (Lipinski definition) is 6. The van der Waals surface area contributed by atoms with E-state index in [1.54, 1.807) is 24.4 Å². The van der Waals surface area contributed by atoms with Crippen molar-refractivity contribution in [2.45, 2.75) is 6.54 Å². The predicted octanol–water partition coefficient (Wildman–Crippen LogP) is 3.08. The second-order valence-electron chi connectivity index (χ2n) is 6.88. The van der Waals surface area contributed by atoms with Gasteiger partial charge in [0.15, 0.2) is 11.3 Å². The molecule has 2 aromatic heterocycles. The fraction of sp³-hybridized carbons (Fsp3) is 0.250. The van der Waals surface area contributed by atoms with E-state index in [1.165, 1.54) is 4.40 Å². The minimum Gasteiger partial charge on any atom is -0.501 e. The maximum Gasteiger partial charge on any atom is 0.300 e. The van der Waals surface area contributed by atoms with E-state index in [4.69, 9.17) is 27.9 Å². The van der Waals surface area contributed by atoms with Gasteiger partial charge in [-0.2, -0.15) is 0 Å². The summed E-state index contributed by atoms with van der Waals surface area (Å²) in [6, 6.07) is 6.86. The van der Waals surface area contributed by atoms with Crippen LogP contribution in [0.25, 0.3) is 5.65 Å². The van der Waals surface area contributed by atoms with E-state index < -0.39 is 17.2 Å². The number of carbonyl (C=O) groups is 1. The quantitative estimate of drug-likeness (QED) is 0.465. The van der Waals surface area contributed by atoms with E-state index in [9.17, 15) is 14.7 Å². The molecule has 0 radical (unpaired) electrons. The average molecular weight is 575 g/mol. The summed E-state index contributed by atoms with van der Waals surface area (Å²) in [7, 11) is 0. The number of nitrogens with one attached hydrogen (secondary N) is 1. The third-order valence-electron chi connectivity index (χ3n) is 4.87. The van der Waals surface area contributed by atoms with Crippen LogP contribution in [0.5, 0.6) is 5.75 Å². The van der Waals surface area contributed by atoms with E-state index in [-0.39, 0.29) is 12.2 Å². The molecule has 0 unspecified atom stereocenters. The number of pyridine rings is 1. The number of ether oxygens (including phenoxy) is 1. The highest BCUT2D eigenvalue weighted by molar-refractivity contribution is 14.1. The van der Waals surface area contributed by atoms with Gasteiger partial charge < -0.3 is 20.1 Å². The van der Waals surface area contributed by atoms with E-state index in [1.807, 2.05) is 6.07 Å². The third kappa shape index (κ3) is 4.59. The molecule has 1 saturated heterocycles. The van der Waals surface area contributed by atoms with Crippen LogP contribution >= 0.6 is 45.8 Å². The standard InChI is InChI=1S/C20H17Cl2IN4O4/c21-13-2-1-11(7-14(13)22)9-24-19(29)16-17(28)20(30)27-10-12(8-15(23)18(27)25-16)26-3-5-31-6-4-26/h1-2,7-8,10,28H,3-6,9H2,(H,24,29). The highest BCUT2D eigenvalue weighted by Gasteiger charge is 2.21. The molecular formula is C20H17Cl2IN4O4. The first-order chi connectivity index (χ1) is 14.8. The summed E-state index contributed by atoms with van der Waals surface area (Å²) in [5.41, 5.74) is 0.782. The Morgan fingerprint density at radius 1 is 1.23 bits per heavy atom. The molecule has 0 spiro atoms. The molecular weight excluding hydrogens is 558 g/mol. The maximum atomic E-state index is 12.8. The number of carbonyl (C=O) groups excluding carboxylic acids is 1. The molecule has 1 amide bonds. The minimum absolute atomic E-state index is 0.128. The van der Waals surface area contributed by atoms with E-state index >= 15 is 0 Å². The van der Waals surface area contributed by atoms with Crippen molar-refractivity contribution < 1.29 is 14.6 Å². The number of anilines is 1. The first-order valence-corrected chi connectivity index (χ1v) is 11.2. The molecule has 1 fully saturated rings. The van der Waals surface area contributed by atoms with Crippen molar-refractivity contribution in [2.24, 2.45) is 0 Å². The number of rotatable bonds is 4. The molecule has 162 valence electrons. The van der Waals surface area contributed by atoms with Crippen molar-refractivity contribution in [3.63, 3.8) is 0 Å². The molecule has 0 bridgehead atoms. The topological polar surface area (TPSA) is 96.2 Å². The number of hydrogen-bond donors (Lipinski definition) is 2. The van der Waals surface area contributed by atoms with Crippen LogP contribution in [0.4, 0.5) is 5.69 Å². The van der Waals surface area contributed by atoms with E-state index in [2.05, 4.69) is 37.8 Å². The Kier molecular flexibility index (Phi) is 6.56. The van der Waals surface area contributed by atoms with Gasteiger partial charge in [-0.1, -0.05) is 29.3 Å². The lowest BCUT2D eigenvalue weighted by atomic mass is 10.2. The minimum atomic E-state index is -0.710. The average Bonchev–Trinajstić information content (AvgIpc) is 2.77. The first-order valence-electron chi connectivity index (χ1n) is 9.35. The van der Waals surface area contributed by atoms with Crippen LogP contribution in [0.2, 0.25) is 10.0 Å². The zero-order valence-corrected chi connectivity index (χ0v) is 19.7. The highest BCUT2D eigenvalue weighted by Crippen LogP contribution is 2.24. The Bertz CT molecular complexity index is 1230. The van der Waals surface area contributed by atoms with Crippen molar-refractivity contribution in [1.82, 2.24) is 14.7 Å². The number of aromatic nitrogens is 2. The molecule has 3 heterocycles. The number of nitrogens with zero attached hydrogens (tertiary/aromatic N) is 3. The van der Waals surface area contributed by atoms with Gasteiger partial charge in [-0.3, -0.25) is 14.0 Å². The summed E-state index contributed by atoms with van der Waals surface area (Å²) in [5.74, 6) is -1.38. The number of morpholine rings is 1. The summed E-state index contributed by atoms with van der Waals surface area (Å²) in [4.78, 5) is 31.8. The monoisotopic (exact) mass is 574 g/mol. The first kappa shape index (κ1) is 22.1. The molecule has 1 aromatic carbocycles. The van der Waals surface area contributed by atoms with Crippen molar-refractivity contribution in [1.29, 1.82) is 0 Å². The normalized spacial score (nSPS) is 14.1. The molecule has 4 rings (SSSR count). The fourth-order valence-corrected chi connectivity index (χ4v) is 4.27. The van der Waals surface area contributed by atoms with Crippen molar-refractivity contribution in [2.75, 3.05) is 31.2 Å². The molecule has 11 heteroatoms. The molecule has 8 nitrogen and oxygen atoms in total. The Morgan fingerprint density at radius 2 is 1.97 bits per heavy atom. The molecule has 2 N–H and O–H groups in total. The van der Waals surface area contributed by atoms with Gasteiger partial charge in [0.1, 0.15) is 0 Å². The zero-order chi connectivity index (χ0) is 22.1. The lowest BCUT2D eigenvalue weighted by Gasteiger charge is -2.29. The van der Waals surface area contributed by atoms with Crippen molar-refractivity contribution >= 4 is 63.0 Å². The van der Waals surface area contributed by atoms with Crippen LogP contribution in [-0.2, 0) is 11.3 Å². The number of halogens is 3. The van der Waals surface area contributed by atoms with Crippen LogP contribution in [-0.4, -0.2) is 46.7 Å². The van der Waals surface area contributed by atoms with Gasteiger partial charge in [-0.25, -0.2) is 4.98 Å². The lowest BCUT2D eigenvalue weighted by molar-refractivity contribution is 0.0942. The van der Waals surface area contributed by atoms with Crippen molar-refractivity contribution in [3.05, 3.63) is 65.7 Å².